The van der Waals surface area contributed by atoms with E-state index < -0.39 is 40.3 Å². The molecule has 2 heterocycles. The quantitative estimate of drug-likeness (QED) is 0.161. The number of likely N-dealkylation sites (tertiary alicyclic amines) is 1. The van der Waals surface area contributed by atoms with Crippen LogP contribution in [-0.2, 0) is 21.6 Å². The summed E-state index contributed by atoms with van der Waals surface area (Å²) in [6, 6.07) is 12.7. The fourth-order valence-electron chi connectivity index (χ4n) is 6.86. The number of nitro benzene ring substituents is 1. The lowest BCUT2D eigenvalue weighted by molar-refractivity contribution is -0.385. The Morgan fingerprint density at radius 1 is 1.27 bits per heavy atom. The maximum absolute atomic E-state index is 16.1. The van der Waals surface area contributed by atoms with Gasteiger partial charge in [-0.2, -0.15) is 0 Å². The molecule has 10 nitrogen and oxygen atoms in total. The van der Waals surface area contributed by atoms with Crippen LogP contribution in [0.4, 0.5) is 15.8 Å². The number of aliphatic hydroxyl groups excluding tert-OH is 1. The number of anilines is 1. The van der Waals surface area contributed by atoms with Crippen LogP contribution >= 0.6 is 27.5 Å². The van der Waals surface area contributed by atoms with Crippen LogP contribution < -0.4 is 10.6 Å². The Morgan fingerprint density at radius 3 is 2.73 bits per heavy atom. The van der Waals surface area contributed by atoms with Crippen molar-refractivity contribution in [3.63, 3.8) is 0 Å². The van der Waals surface area contributed by atoms with E-state index in [1.54, 1.807) is 36.4 Å². The summed E-state index contributed by atoms with van der Waals surface area (Å²) in [6.07, 6.45) is 1.93. The Bertz CT molecular complexity index is 1670. The van der Waals surface area contributed by atoms with Crippen molar-refractivity contribution >= 4 is 50.8 Å². The summed E-state index contributed by atoms with van der Waals surface area (Å²) in [6.45, 7) is 0.0598. The Morgan fingerprint density at radius 2 is 2.05 bits per heavy atom. The average molecular weight is 688 g/mol. The summed E-state index contributed by atoms with van der Waals surface area (Å²) in [5.74, 6) is -2.19. The molecule has 0 bridgehead atoms. The molecule has 0 unspecified atom stereocenters. The molecule has 3 aromatic rings. The van der Waals surface area contributed by atoms with Gasteiger partial charge in [0.25, 0.3) is 5.69 Å². The van der Waals surface area contributed by atoms with Crippen molar-refractivity contribution in [3.8, 4) is 0 Å². The number of esters is 1. The maximum atomic E-state index is 16.1. The minimum atomic E-state index is -1.42. The van der Waals surface area contributed by atoms with Gasteiger partial charge in [0.2, 0.25) is 5.91 Å². The van der Waals surface area contributed by atoms with Crippen molar-refractivity contribution in [1.82, 2.24) is 10.2 Å². The monoisotopic (exact) mass is 686 g/mol. The number of hydrogen-bond donors (Lipinski definition) is 3. The highest BCUT2D eigenvalue weighted by Crippen LogP contribution is 2.58. The van der Waals surface area contributed by atoms with E-state index in [0.29, 0.717) is 28.7 Å². The fraction of sp³-hybridized carbons (Fsp3) is 0.355. The molecule has 44 heavy (non-hydrogen) atoms. The number of benzene rings is 3. The topological polar surface area (TPSA) is 134 Å². The molecule has 6 rings (SSSR count). The zero-order valence-electron chi connectivity index (χ0n) is 23.6. The van der Waals surface area contributed by atoms with Gasteiger partial charge in [-0.05, 0) is 64.5 Å². The van der Waals surface area contributed by atoms with Gasteiger partial charge in [0, 0.05) is 53.0 Å². The van der Waals surface area contributed by atoms with Crippen LogP contribution in [0.5, 0.6) is 0 Å². The molecule has 1 spiro atoms. The minimum absolute atomic E-state index is 0.0265. The lowest BCUT2D eigenvalue weighted by Crippen LogP contribution is -2.53. The second kappa shape index (κ2) is 11.8. The summed E-state index contributed by atoms with van der Waals surface area (Å²) in [5.41, 5.74) is -0.0442. The van der Waals surface area contributed by atoms with E-state index in [1.165, 1.54) is 19.2 Å². The van der Waals surface area contributed by atoms with Gasteiger partial charge in [0.15, 0.2) is 0 Å². The number of methoxy groups -OCH3 is 1. The molecule has 2 fully saturated rings. The molecule has 3 aromatic carbocycles. The van der Waals surface area contributed by atoms with Gasteiger partial charge < -0.3 is 20.5 Å². The van der Waals surface area contributed by atoms with Crippen LogP contribution in [0.1, 0.15) is 45.8 Å². The van der Waals surface area contributed by atoms with E-state index in [2.05, 4.69) is 26.6 Å². The molecule has 4 atom stereocenters. The van der Waals surface area contributed by atoms with Gasteiger partial charge in [-0.1, -0.05) is 35.9 Å². The minimum Gasteiger partial charge on any atom is -0.465 e. The van der Waals surface area contributed by atoms with Gasteiger partial charge in [0.1, 0.15) is 11.4 Å². The first-order valence-electron chi connectivity index (χ1n) is 14.1. The third-order valence-corrected chi connectivity index (χ3v) is 9.80. The number of halogens is 3. The lowest BCUT2D eigenvalue weighted by Gasteiger charge is -2.39. The highest BCUT2D eigenvalue weighted by Gasteiger charge is 2.67. The first-order valence-corrected chi connectivity index (χ1v) is 15.3. The predicted octanol–water partition coefficient (Wildman–Crippen LogP) is 5.11. The van der Waals surface area contributed by atoms with Crippen molar-refractivity contribution in [3.05, 3.63) is 102 Å². The molecule has 0 aromatic heterocycles. The predicted molar refractivity (Wildman–Crippen MR) is 164 cm³/mol. The largest absolute Gasteiger partial charge is 0.465 e. The van der Waals surface area contributed by atoms with Crippen molar-refractivity contribution in [2.75, 3.05) is 25.6 Å². The number of nitrogens with zero attached hydrogens (tertiary/aromatic N) is 2. The number of amides is 1. The molecule has 2 aliphatic heterocycles. The van der Waals surface area contributed by atoms with Crippen molar-refractivity contribution in [2.45, 2.75) is 42.9 Å². The van der Waals surface area contributed by atoms with E-state index in [1.807, 2.05) is 4.90 Å². The number of nitro groups is 1. The van der Waals surface area contributed by atoms with Crippen LogP contribution in [0.2, 0.25) is 5.02 Å². The number of nitrogens with one attached hydrogen (secondary N) is 2. The van der Waals surface area contributed by atoms with E-state index in [9.17, 15) is 24.8 Å². The number of fused-ring (bicyclic) bond motifs is 2. The van der Waals surface area contributed by atoms with Crippen LogP contribution in [0.3, 0.4) is 0 Å². The number of carbonyl (C=O) groups is 2. The maximum Gasteiger partial charge on any atom is 0.338 e. The molecule has 3 aliphatic rings. The number of carbonyl (C=O) groups excluding carboxylic acids is 2. The Kier molecular flexibility index (Phi) is 8.22. The SMILES string of the molecule is COC(=O)c1ccc(CN[C@@H]2[C@H](CO)N(CC3CC3)[C@@]3(C(=O)Nc4cc(Cl)ccc43)[C@H]2c2cccc(Br)c2F)c([N+](=O)[O-])c1. The first-order chi connectivity index (χ1) is 21.1. The molecule has 1 saturated heterocycles. The molecule has 0 radical (unpaired) electrons. The van der Waals surface area contributed by atoms with Crippen LogP contribution in [0, 0.1) is 21.8 Å². The van der Waals surface area contributed by atoms with Crippen molar-refractivity contribution in [1.29, 1.82) is 0 Å². The van der Waals surface area contributed by atoms with Crippen molar-refractivity contribution in [2.24, 2.45) is 5.92 Å². The third-order valence-electron chi connectivity index (χ3n) is 8.95. The highest BCUT2D eigenvalue weighted by atomic mass is 79.9. The smallest absolute Gasteiger partial charge is 0.338 e. The lowest BCUT2D eigenvalue weighted by atomic mass is 9.73. The molecule has 13 heteroatoms. The van der Waals surface area contributed by atoms with E-state index in [4.69, 9.17) is 16.3 Å². The van der Waals surface area contributed by atoms with Crippen LogP contribution in [0.15, 0.2) is 59.1 Å². The molecule has 3 N–H and O–H groups in total. The number of aliphatic hydroxyl groups is 1. The van der Waals surface area contributed by atoms with Crippen molar-refractivity contribution < 1.29 is 28.7 Å². The number of rotatable bonds is 9. The Hall–Kier alpha value is -3.42. The zero-order valence-corrected chi connectivity index (χ0v) is 25.9. The third kappa shape index (κ3) is 4.98. The second-order valence-corrected chi connectivity index (χ2v) is 12.7. The summed E-state index contributed by atoms with van der Waals surface area (Å²) in [7, 11) is 1.19. The normalized spacial score (nSPS) is 24.4. The van der Waals surface area contributed by atoms with Gasteiger partial charge in [-0.15, -0.1) is 0 Å². The Labute approximate surface area is 265 Å². The summed E-state index contributed by atoms with van der Waals surface area (Å²) in [4.78, 5) is 39.8. The summed E-state index contributed by atoms with van der Waals surface area (Å²) < 4.78 is 21.0. The van der Waals surface area contributed by atoms with Crippen LogP contribution in [-0.4, -0.2) is 59.2 Å². The standard InChI is InChI=1S/C31H29BrClFN4O6/c1-44-29(40)17-7-8-18(24(11-17)38(42)43)13-35-28-25(15-39)37(14-16-5-6-16)31(26(28)20-3-2-4-22(32)27(20)34)21-10-9-19(33)12-23(21)36-30(31)41/h2-4,7-12,16,25-26,28,35,39H,5-6,13-15H2,1H3,(H,36,41)/t25-,26-,28+,31+/m0/s1. The zero-order chi connectivity index (χ0) is 31.3. The molecule has 1 saturated carbocycles. The van der Waals surface area contributed by atoms with Gasteiger partial charge in [-0.3, -0.25) is 19.8 Å². The van der Waals surface area contributed by atoms with E-state index >= 15 is 4.39 Å². The second-order valence-electron chi connectivity index (χ2n) is 11.4. The summed E-state index contributed by atoms with van der Waals surface area (Å²) in [5, 5.41) is 29.7. The first kappa shape index (κ1) is 30.6. The molecule has 1 amide bonds. The molecular weight excluding hydrogens is 659 g/mol. The van der Waals surface area contributed by atoms with Gasteiger partial charge in [0.05, 0.1) is 34.7 Å². The molecule has 1 aliphatic carbocycles. The van der Waals surface area contributed by atoms with E-state index in [-0.39, 0.29) is 45.9 Å². The highest BCUT2D eigenvalue weighted by molar-refractivity contribution is 9.10. The van der Waals surface area contributed by atoms with Crippen LogP contribution in [0.25, 0.3) is 0 Å². The number of ether oxygens (including phenoxy) is 1. The molecule has 230 valence electrons. The van der Waals surface area contributed by atoms with E-state index in [0.717, 1.165) is 18.9 Å². The van der Waals surface area contributed by atoms with Gasteiger partial charge in [-0.25, -0.2) is 9.18 Å². The fourth-order valence-corrected chi connectivity index (χ4v) is 7.41. The Balaban J connectivity index is 1.51. The average Bonchev–Trinajstić information content (AvgIpc) is 3.73. The number of hydrogen-bond acceptors (Lipinski definition) is 8. The molecular formula is C31H29BrClFN4O6. The summed E-state index contributed by atoms with van der Waals surface area (Å²) >= 11 is 9.61. The van der Waals surface area contributed by atoms with Gasteiger partial charge >= 0.3 is 5.97 Å².